The molecule has 22 heavy (non-hydrogen) atoms. The molecule has 0 aromatic rings. The van der Waals surface area contributed by atoms with Gasteiger partial charge in [0.05, 0.1) is 0 Å². The maximum Gasteiger partial charge on any atom is 0.155 e. The predicted octanol–water partition coefficient (Wildman–Crippen LogP) is 3.49. The first-order valence-corrected chi connectivity index (χ1v) is 8.92. The molecular weight excluding hydrogens is 272 g/mol. The molecule has 0 spiro atoms. The maximum absolute atomic E-state index is 11.7. The Morgan fingerprint density at radius 2 is 2.00 bits per heavy atom. The monoisotopic (exact) mass is 298 g/mol. The molecular formula is C20H26O2. The number of hydrogen-bond donors (Lipinski definition) is 1. The summed E-state index contributed by atoms with van der Waals surface area (Å²) in [6.07, 6.45) is 15.7. The second kappa shape index (κ2) is 4.71. The molecule has 1 N–H and O–H groups in total. The molecule has 0 aromatic carbocycles. The number of rotatable bonds is 0. The molecule has 4 aliphatic carbocycles. The SMILES string of the molecule is C#C[C@@]1(O)CC[C@H]2[C@H]3CCC4=CC(=O)CC[C@H]4[C@@H]3CC[C@]21C. The molecule has 0 aliphatic heterocycles. The van der Waals surface area contributed by atoms with Crippen LogP contribution in [-0.4, -0.2) is 16.5 Å². The van der Waals surface area contributed by atoms with E-state index in [1.54, 1.807) is 0 Å². The van der Waals surface area contributed by atoms with Crippen molar-refractivity contribution >= 4 is 5.78 Å². The molecule has 0 aromatic heterocycles. The van der Waals surface area contributed by atoms with Gasteiger partial charge in [0, 0.05) is 11.8 Å². The van der Waals surface area contributed by atoms with Crippen LogP contribution in [0.3, 0.4) is 0 Å². The molecule has 3 fully saturated rings. The molecule has 2 nitrogen and oxygen atoms in total. The van der Waals surface area contributed by atoms with Gasteiger partial charge in [-0.05, 0) is 74.7 Å². The molecule has 0 amide bonds. The molecule has 4 rings (SSSR count). The lowest BCUT2D eigenvalue weighted by atomic mass is 9.50. The highest BCUT2D eigenvalue weighted by Crippen LogP contribution is 2.64. The summed E-state index contributed by atoms with van der Waals surface area (Å²) in [5.41, 5.74) is 0.418. The maximum atomic E-state index is 11.7. The van der Waals surface area contributed by atoms with Gasteiger partial charge in [0.2, 0.25) is 0 Å². The van der Waals surface area contributed by atoms with Crippen molar-refractivity contribution in [3.63, 3.8) is 0 Å². The Balaban J connectivity index is 1.65. The Bertz CT molecular complexity index is 583. The fourth-order valence-corrected chi connectivity index (χ4v) is 6.43. The van der Waals surface area contributed by atoms with E-state index in [0.717, 1.165) is 44.9 Å². The number of hydrogen-bond acceptors (Lipinski definition) is 2. The van der Waals surface area contributed by atoms with E-state index in [4.69, 9.17) is 6.42 Å². The predicted molar refractivity (Wildman–Crippen MR) is 85.9 cm³/mol. The van der Waals surface area contributed by atoms with Crippen LogP contribution in [0.4, 0.5) is 0 Å². The van der Waals surface area contributed by atoms with Crippen molar-refractivity contribution in [3.05, 3.63) is 11.6 Å². The molecule has 0 saturated heterocycles. The van der Waals surface area contributed by atoms with Crippen molar-refractivity contribution < 1.29 is 9.90 Å². The van der Waals surface area contributed by atoms with E-state index < -0.39 is 5.60 Å². The zero-order valence-electron chi connectivity index (χ0n) is 13.5. The van der Waals surface area contributed by atoms with E-state index in [1.807, 2.05) is 6.08 Å². The lowest BCUT2D eigenvalue weighted by Gasteiger charge is -2.54. The lowest BCUT2D eigenvalue weighted by Crippen LogP contribution is -2.52. The highest BCUT2D eigenvalue weighted by molar-refractivity contribution is 5.91. The first-order valence-electron chi connectivity index (χ1n) is 8.92. The summed E-state index contributed by atoms with van der Waals surface area (Å²) in [5.74, 6) is 5.66. The van der Waals surface area contributed by atoms with E-state index in [-0.39, 0.29) is 5.41 Å². The Morgan fingerprint density at radius 1 is 1.18 bits per heavy atom. The van der Waals surface area contributed by atoms with Crippen LogP contribution in [0, 0.1) is 41.4 Å². The first-order chi connectivity index (χ1) is 10.5. The average Bonchev–Trinajstić information content (AvgIpc) is 2.79. The van der Waals surface area contributed by atoms with Crippen molar-refractivity contribution in [3.8, 4) is 12.3 Å². The quantitative estimate of drug-likeness (QED) is 0.695. The number of allylic oxidation sites excluding steroid dienone is 1. The molecule has 0 bridgehead atoms. The van der Waals surface area contributed by atoms with Gasteiger partial charge in [-0.1, -0.05) is 18.4 Å². The van der Waals surface area contributed by atoms with Gasteiger partial charge in [0.1, 0.15) is 5.60 Å². The Morgan fingerprint density at radius 3 is 2.77 bits per heavy atom. The van der Waals surface area contributed by atoms with Crippen LogP contribution in [0.25, 0.3) is 0 Å². The normalized spacial score (nSPS) is 50.4. The Hall–Kier alpha value is -1.07. The number of ketones is 1. The van der Waals surface area contributed by atoms with Crippen LogP contribution in [-0.2, 0) is 4.79 Å². The molecule has 0 unspecified atom stereocenters. The number of fused-ring (bicyclic) bond motifs is 5. The fraction of sp³-hybridized carbons (Fsp3) is 0.750. The van der Waals surface area contributed by atoms with Gasteiger partial charge in [0.25, 0.3) is 0 Å². The molecule has 4 aliphatic rings. The second-order valence-electron chi connectivity index (χ2n) is 8.30. The van der Waals surface area contributed by atoms with Gasteiger partial charge < -0.3 is 5.11 Å². The summed E-state index contributed by atoms with van der Waals surface area (Å²) in [6.45, 7) is 2.23. The van der Waals surface area contributed by atoms with Gasteiger partial charge in [-0.25, -0.2) is 0 Å². The Kier molecular flexibility index (Phi) is 3.11. The van der Waals surface area contributed by atoms with E-state index in [1.165, 1.54) is 12.0 Å². The largest absolute Gasteiger partial charge is 0.377 e. The number of aliphatic hydroxyl groups is 1. The van der Waals surface area contributed by atoms with Crippen LogP contribution < -0.4 is 0 Å². The van der Waals surface area contributed by atoms with Gasteiger partial charge in [-0.15, -0.1) is 6.42 Å². The van der Waals surface area contributed by atoms with E-state index >= 15 is 0 Å². The van der Waals surface area contributed by atoms with E-state index in [0.29, 0.717) is 29.5 Å². The topological polar surface area (TPSA) is 37.3 Å². The minimum Gasteiger partial charge on any atom is -0.377 e. The lowest BCUT2D eigenvalue weighted by molar-refractivity contribution is -0.116. The van der Waals surface area contributed by atoms with Crippen molar-refractivity contribution in [2.45, 2.75) is 63.9 Å². The molecule has 0 heterocycles. The summed E-state index contributed by atoms with van der Waals surface area (Å²) in [7, 11) is 0. The van der Waals surface area contributed by atoms with Crippen molar-refractivity contribution in [2.75, 3.05) is 0 Å². The van der Waals surface area contributed by atoms with Crippen LogP contribution >= 0.6 is 0 Å². The minimum atomic E-state index is -0.902. The van der Waals surface area contributed by atoms with Gasteiger partial charge in [0.15, 0.2) is 5.78 Å². The Labute approximate surface area is 133 Å². The fourth-order valence-electron chi connectivity index (χ4n) is 6.43. The molecule has 118 valence electrons. The smallest absolute Gasteiger partial charge is 0.155 e. The average molecular weight is 298 g/mol. The van der Waals surface area contributed by atoms with Crippen LogP contribution in [0.1, 0.15) is 58.3 Å². The second-order valence-corrected chi connectivity index (χ2v) is 8.30. The summed E-state index contributed by atoms with van der Waals surface area (Å²) in [5, 5.41) is 10.9. The highest BCUT2D eigenvalue weighted by atomic mass is 16.3. The minimum absolute atomic E-state index is 0.103. The first kappa shape index (κ1) is 14.5. The molecule has 3 saturated carbocycles. The van der Waals surface area contributed by atoms with Gasteiger partial charge >= 0.3 is 0 Å². The zero-order chi connectivity index (χ0) is 15.5. The molecule has 6 atom stereocenters. The summed E-state index contributed by atoms with van der Waals surface area (Å²) >= 11 is 0. The van der Waals surface area contributed by atoms with Crippen LogP contribution in [0.2, 0.25) is 0 Å². The van der Waals surface area contributed by atoms with Crippen LogP contribution in [0.15, 0.2) is 11.6 Å². The standard InChI is InChI=1S/C20H26O2/c1-3-20(22)11-9-18-17-6-4-13-12-14(21)5-7-15(13)16(17)8-10-19(18,20)2/h1,12,15-18,22H,4-11H2,2H3/t15-,16+,17+,18+,19-,20-/m1/s1. The molecule has 2 heteroatoms. The number of carbonyl (C=O) groups excluding carboxylic acids is 1. The molecule has 0 radical (unpaired) electrons. The van der Waals surface area contributed by atoms with Crippen molar-refractivity contribution in [1.29, 1.82) is 0 Å². The third-order valence-corrected chi connectivity index (χ3v) is 7.69. The van der Waals surface area contributed by atoms with Gasteiger partial charge in [-0.2, -0.15) is 0 Å². The van der Waals surface area contributed by atoms with Crippen molar-refractivity contribution in [2.24, 2.45) is 29.1 Å². The number of carbonyl (C=O) groups is 1. The van der Waals surface area contributed by atoms with Crippen molar-refractivity contribution in [1.82, 2.24) is 0 Å². The highest BCUT2D eigenvalue weighted by Gasteiger charge is 2.61. The zero-order valence-corrected chi connectivity index (χ0v) is 13.5. The summed E-state index contributed by atoms with van der Waals surface area (Å²) < 4.78 is 0. The van der Waals surface area contributed by atoms with Gasteiger partial charge in [-0.3, -0.25) is 4.79 Å². The third kappa shape index (κ3) is 1.75. The summed E-state index contributed by atoms with van der Waals surface area (Å²) in [4.78, 5) is 11.7. The van der Waals surface area contributed by atoms with Crippen LogP contribution in [0.5, 0.6) is 0 Å². The number of terminal acetylenes is 1. The third-order valence-electron chi connectivity index (χ3n) is 7.69. The van der Waals surface area contributed by atoms with E-state index in [9.17, 15) is 9.90 Å². The van der Waals surface area contributed by atoms with E-state index in [2.05, 4.69) is 12.8 Å². The summed E-state index contributed by atoms with van der Waals surface area (Å²) in [6, 6.07) is 0.